The molecular formula is C16H15N3S2. The molecular weight excluding hydrogens is 298 g/mol. The highest BCUT2D eigenvalue weighted by Crippen LogP contribution is 2.25. The molecule has 0 bridgehead atoms. The molecule has 0 aliphatic heterocycles. The number of nitrogen functional groups attached to an aromatic ring is 1. The second-order valence-electron chi connectivity index (χ2n) is 4.75. The summed E-state index contributed by atoms with van der Waals surface area (Å²) in [6.07, 6.45) is 0. The van der Waals surface area contributed by atoms with Gasteiger partial charge >= 0.3 is 0 Å². The number of benzene rings is 2. The summed E-state index contributed by atoms with van der Waals surface area (Å²) in [4.78, 5) is 8.45. The van der Waals surface area contributed by atoms with Gasteiger partial charge in [-0.3, -0.25) is 0 Å². The Hall–Kier alpha value is -1.98. The third-order valence-corrected chi connectivity index (χ3v) is 4.84. The highest BCUT2D eigenvalue weighted by atomic mass is 32.1. The number of nitrogens with zero attached hydrogens (tertiary/aromatic N) is 2. The Morgan fingerprint density at radius 1 is 0.905 bits per heavy atom. The maximum atomic E-state index is 5.57. The summed E-state index contributed by atoms with van der Waals surface area (Å²) in [5.74, 6) is 0. The lowest BCUT2D eigenvalue weighted by Crippen LogP contribution is -1.80. The van der Waals surface area contributed by atoms with E-state index >= 15 is 0 Å². The van der Waals surface area contributed by atoms with E-state index in [9.17, 15) is 0 Å². The molecule has 2 aromatic carbocycles. The van der Waals surface area contributed by atoms with E-state index in [0.29, 0.717) is 5.13 Å². The molecule has 0 saturated carbocycles. The maximum absolute atomic E-state index is 5.57. The van der Waals surface area contributed by atoms with E-state index < -0.39 is 0 Å². The Morgan fingerprint density at radius 2 is 1.57 bits per heavy atom. The molecule has 0 saturated heterocycles. The summed E-state index contributed by atoms with van der Waals surface area (Å²) in [7, 11) is 0. The Balaban J connectivity index is 0.000000126. The molecule has 4 aromatic rings. The fraction of sp³-hybridized carbons (Fsp3) is 0.125. The second-order valence-corrected chi connectivity index (χ2v) is 6.70. The van der Waals surface area contributed by atoms with Crippen molar-refractivity contribution in [1.29, 1.82) is 0 Å². The maximum Gasteiger partial charge on any atom is 0.181 e. The molecule has 0 amide bonds. The monoisotopic (exact) mass is 313 g/mol. The van der Waals surface area contributed by atoms with Gasteiger partial charge in [0, 0.05) is 0 Å². The number of anilines is 1. The minimum absolute atomic E-state index is 0.648. The molecule has 0 unspecified atom stereocenters. The van der Waals surface area contributed by atoms with Crippen LogP contribution in [-0.2, 0) is 0 Å². The quantitative estimate of drug-likeness (QED) is 0.508. The summed E-state index contributed by atoms with van der Waals surface area (Å²) >= 11 is 3.22. The van der Waals surface area contributed by atoms with Gasteiger partial charge in [0.25, 0.3) is 0 Å². The third-order valence-electron chi connectivity index (χ3n) is 3.20. The number of nitrogens with two attached hydrogens (primary N) is 1. The smallest absolute Gasteiger partial charge is 0.181 e. The number of rotatable bonds is 0. The fourth-order valence-electron chi connectivity index (χ4n) is 2.13. The SMILES string of the molecule is Cc1cccc2sc(N)nc12.Cc1cccc2scnc12. The summed E-state index contributed by atoms with van der Waals surface area (Å²) in [6.45, 7) is 4.13. The lowest BCUT2D eigenvalue weighted by Gasteiger charge is -1.90. The summed E-state index contributed by atoms with van der Waals surface area (Å²) in [5.41, 5.74) is 12.1. The number of hydrogen-bond acceptors (Lipinski definition) is 5. The van der Waals surface area contributed by atoms with Crippen LogP contribution in [-0.4, -0.2) is 9.97 Å². The van der Waals surface area contributed by atoms with Gasteiger partial charge in [0.2, 0.25) is 0 Å². The second kappa shape index (κ2) is 5.79. The van der Waals surface area contributed by atoms with Crippen LogP contribution >= 0.6 is 22.7 Å². The van der Waals surface area contributed by atoms with Crippen LogP contribution in [0.15, 0.2) is 41.9 Å². The predicted molar refractivity (Wildman–Crippen MR) is 93.1 cm³/mol. The first-order chi connectivity index (χ1) is 10.1. The highest BCUT2D eigenvalue weighted by molar-refractivity contribution is 7.22. The minimum Gasteiger partial charge on any atom is -0.375 e. The van der Waals surface area contributed by atoms with Crippen molar-refractivity contribution in [2.45, 2.75) is 13.8 Å². The molecule has 3 nitrogen and oxygen atoms in total. The van der Waals surface area contributed by atoms with E-state index in [-0.39, 0.29) is 0 Å². The first kappa shape index (κ1) is 14.0. The first-order valence-corrected chi connectivity index (χ1v) is 8.25. The number of fused-ring (bicyclic) bond motifs is 2. The number of hydrogen-bond donors (Lipinski definition) is 1. The van der Waals surface area contributed by atoms with Crippen molar-refractivity contribution in [3.63, 3.8) is 0 Å². The van der Waals surface area contributed by atoms with Gasteiger partial charge in [-0.05, 0) is 37.1 Å². The van der Waals surface area contributed by atoms with Crippen LogP contribution in [0.2, 0.25) is 0 Å². The van der Waals surface area contributed by atoms with Gasteiger partial charge in [0.1, 0.15) is 0 Å². The molecule has 0 spiro atoms. The van der Waals surface area contributed by atoms with Crippen molar-refractivity contribution >= 4 is 48.2 Å². The van der Waals surface area contributed by atoms with Crippen molar-refractivity contribution in [2.75, 3.05) is 5.73 Å². The molecule has 0 fully saturated rings. The first-order valence-electron chi connectivity index (χ1n) is 6.55. The zero-order valence-electron chi connectivity index (χ0n) is 11.8. The number of aromatic nitrogens is 2. The van der Waals surface area contributed by atoms with Crippen LogP contribution in [0.4, 0.5) is 5.13 Å². The number of para-hydroxylation sites is 2. The standard InChI is InChI=1S/C8H8N2S.C8H7NS/c1-5-3-2-4-6-7(5)10-8(9)11-6;1-6-3-2-4-7-8(6)9-5-10-7/h2-4H,1H3,(H2,9,10);2-5H,1H3. The largest absolute Gasteiger partial charge is 0.375 e. The third kappa shape index (κ3) is 2.89. The topological polar surface area (TPSA) is 51.8 Å². The van der Waals surface area contributed by atoms with Crippen LogP contribution < -0.4 is 5.73 Å². The zero-order valence-corrected chi connectivity index (χ0v) is 13.5. The number of thiazole rings is 2. The van der Waals surface area contributed by atoms with Crippen LogP contribution in [0.5, 0.6) is 0 Å². The van der Waals surface area contributed by atoms with E-state index in [1.54, 1.807) is 11.3 Å². The molecule has 0 aliphatic carbocycles. The van der Waals surface area contributed by atoms with Crippen molar-refractivity contribution in [3.8, 4) is 0 Å². The van der Waals surface area contributed by atoms with E-state index in [1.807, 2.05) is 30.6 Å². The Labute approximate surface area is 131 Å². The van der Waals surface area contributed by atoms with Gasteiger partial charge in [-0.1, -0.05) is 35.6 Å². The van der Waals surface area contributed by atoms with Crippen LogP contribution in [0.3, 0.4) is 0 Å². The van der Waals surface area contributed by atoms with Gasteiger partial charge in [-0.25, -0.2) is 9.97 Å². The van der Waals surface area contributed by atoms with Crippen molar-refractivity contribution < 1.29 is 0 Å². The van der Waals surface area contributed by atoms with Crippen LogP contribution in [0, 0.1) is 13.8 Å². The summed E-state index contributed by atoms with van der Waals surface area (Å²) in [5, 5.41) is 0.648. The van der Waals surface area contributed by atoms with Gasteiger partial charge in [-0.2, -0.15) is 0 Å². The van der Waals surface area contributed by atoms with E-state index in [0.717, 1.165) is 11.0 Å². The molecule has 0 atom stereocenters. The van der Waals surface area contributed by atoms with Gasteiger partial charge in [0.05, 0.1) is 25.9 Å². The predicted octanol–water partition coefficient (Wildman–Crippen LogP) is 4.79. The number of aryl methyl sites for hydroxylation is 2. The fourth-order valence-corrected chi connectivity index (χ4v) is 3.70. The molecule has 2 heterocycles. The molecule has 4 rings (SSSR count). The molecule has 2 aromatic heterocycles. The van der Waals surface area contributed by atoms with Gasteiger partial charge in [-0.15, -0.1) is 11.3 Å². The normalized spacial score (nSPS) is 10.6. The molecule has 5 heteroatoms. The lowest BCUT2D eigenvalue weighted by molar-refractivity contribution is 1.43. The molecule has 21 heavy (non-hydrogen) atoms. The molecule has 2 N–H and O–H groups in total. The average Bonchev–Trinajstić information content (AvgIpc) is 3.06. The molecule has 0 aliphatic rings. The Kier molecular flexibility index (Phi) is 3.86. The average molecular weight is 313 g/mol. The van der Waals surface area contributed by atoms with Gasteiger partial charge < -0.3 is 5.73 Å². The molecule has 106 valence electrons. The van der Waals surface area contributed by atoms with Crippen molar-refractivity contribution in [1.82, 2.24) is 9.97 Å². The summed E-state index contributed by atoms with van der Waals surface area (Å²) in [6, 6.07) is 12.4. The van der Waals surface area contributed by atoms with Crippen LogP contribution in [0.25, 0.3) is 20.4 Å². The van der Waals surface area contributed by atoms with E-state index in [2.05, 4.69) is 35.1 Å². The van der Waals surface area contributed by atoms with Crippen LogP contribution in [0.1, 0.15) is 11.1 Å². The van der Waals surface area contributed by atoms with Crippen molar-refractivity contribution in [3.05, 3.63) is 53.0 Å². The lowest BCUT2D eigenvalue weighted by atomic mass is 10.2. The molecule has 0 radical (unpaired) electrons. The highest BCUT2D eigenvalue weighted by Gasteiger charge is 2.01. The van der Waals surface area contributed by atoms with E-state index in [4.69, 9.17) is 5.73 Å². The van der Waals surface area contributed by atoms with Crippen molar-refractivity contribution in [2.24, 2.45) is 0 Å². The van der Waals surface area contributed by atoms with E-state index in [1.165, 1.54) is 31.9 Å². The summed E-state index contributed by atoms with van der Waals surface area (Å²) < 4.78 is 2.45. The Morgan fingerprint density at radius 3 is 2.24 bits per heavy atom. The minimum atomic E-state index is 0.648. The Bertz CT molecular complexity index is 893. The zero-order chi connectivity index (χ0) is 14.8. The van der Waals surface area contributed by atoms with Gasteiger partial charge in [0.15, 0.2) is 5.13 Å².